The molecule has 0 aliphatic heterocycles. The Hall–Kier alpha value is -2.69. The number of aliphatic hydroxyl groups is 2. The van der Waals surface area contributed by atoms with Gasteiger partial charge in [-0.25, -0.2) is 4.39 Å². The zero-order valence-electron chi connectivity index (χ0n) is 16.7. The van der Waals surface area contributed by atoms with Gasteiger partial charge in [-0.05, 0) is 62.8 Å². The number of benzene rings is 1. The van der Waals surface area contributed by atoms with E-state index in [0.29, 0.717) is 19.3 Å². The van der Waals surface area contributed by atoms with Crippen LogP contribution in [0.15, 0.2) is 30.2 Å². The van der Waals surface area contributed by atoms with E-state index in [0.717, 1.165) is 15.8 Å². The summed E-state index contributed by atoms with van der Waals surface area (Å²) in [7, 11) is 0. The molecule has 4 rings (SSSR count). The Morgan fingerprint density at radius 2 is 2.03 bits per heavy atom. The van der Waals surface area contributed by atoms with E-state index in [-0.39, 0.29) is 29.8 Å². The van der Waals surface area contributed by atoms with Crippen LogP contribution < -0.4 is 10.6 Å². The Morgan fingerprint density at radius 3 is 2.83 bits per heavy atom. The lowest BCUT2D eigenvalue weighted by Gasteiger charge is -2.21. The number of aliphatic hydroxyl groups excluding tert-OH is 1. The first-order chi connectivity index (χ1) is 14.3. The second kappa shape index (κ2) is 8.21. The summed E-state index contributed by atoms with van der Waals surface area (Å²) in [5.41, 5.74) is 0.0533. The standard InChI is InChI=1S/C20H23FN6O2S/c1-20(2,29)10-22-18-25-17(13-4-3-5-14(28)16(13)21)26-19(27-18)24-12-6-7-15-11(8-12)9-23-30-15/h6-9,14,28-29H,3-5,10H2,1-2H3,(H2,22,24,25,26,27). The van der Waals surface area contributed by atoms with Crippen LogP contribution in [0.5, 0.6) is 0 Å². The van der Waals surface area contributed by atoms with Gasteiger partial charge in [0.15, 0.2) is 5.82 Å². The van der Waals surface area contributed by atoms with Crippen molar-refractivity contribution >= 4 is 44.8 Å². The summed E-state index contributed by atoms with van der Waals surface area (Å²) in [4.78, 5) is 13.1. The zero-order chi connectivity index (χ0) is 21.3. The van der Waals surface area contributed by atoms with Crippen molar-refractivity contribution in [2.24, 2.45) is 0 Å². The van der Waals surface area contributed by atoms with Crippen LogP contribution in [-0.2, 0) is 0 Å². The summed E-state index contributed by atoms with van der Waals surface area (Å²) in [6.45, 7) is 3.52. The molecular formula is C20H23FN6O2S. The third-order valence-electron chi connectivity index (χ3n) is 4.68. The van der Waals surface area contributed by atoms with Crippen molar-refractivity contribution in [2.45, 2.75) is 44.8 Å². The third-order valence-corrected chi connectivity index (χ3v) is 5.46. The third kappa shape index (κ3) is 4.72. The fraction of sp³-hybridized carbons (Fsp3) is 0.400. The van der Waals surface area contributed by atoms with E-state index in [1.54, 1.807) is 20.0 Å². The van der Waals surface area contributed by atoms with Crippen molar-refractivity contribution in [3.63, 3.8) is 0 Å². The fourth-order valence-corrected chi connectivity index (χ4v) is 3.78. The Kier molecular flexibility index (Phi) is 5.63. The molecule has 1 unspecified atom stereocenters. The summed E-state index contributed by atoms with van der Waals surface area (Å²) >= 11 is 1.41. The minimum Gasteiger partial charge on any atom is -0.389 e. The second-order valence-electron chi connectivity index (χ2n) is 7.91. The van der Waals surface area contributed by atoms with Gasteiger partial charge in [0, 0.05) is 29.4 Å². The monoisotopic (exact) mass is 430 g/mol. The molecule has 0 saturated carbocycles. The molecule has 1 aliphatic carbocycles. The van der Waals surface area contributed by atoms with Gasteiger partial charge in [-0.15, -0.1) is 0 Å². The Bertz CT molecular complexity index is 1090. The number of nitrogens with zero attached hydrogens (tertiary/aromatic N) is 4. The number of nitrogens with one attached hydrogen (secondary N) is 2. The van der Waals surface area contributed by atoms with Crippen LogP contribution in [0.4, 0.5) is 22.0 Å². The van der Waals surface area contributed by atoms with Gasteiger partial charge in [0.05, 0.1) is 10.3 Å². The van der Waals surface area contributed by atoms with Gasteiger partial charge >= 0.3 is 0 Å². The molecule has 2 heterocycles. The average molecular weight is 431 g/mol. The van der Waals surface area contributed by atoms with Crippen LogP contribution in [0.3, 0.4) is 0 Å². The number of fused-ring (bicyclic) bond motifs is 1. The average Bonchev–Trinajstić information content (AvgIpc) is 3.16. The van der Waals surface area contributed by atoms with Crippen molar-refractivity contribution in [2.75, 3.05) is 17.2 Å². The van der Waals surface area contributed by atoms with Gasteiger partial charge in [0.1, 0.15) is 11.9 Å². The van der Waals surface area contributed by atoms with Crippen molar-refractivity contribution in [1.29, 1.82) is 0 Å². The molecule has 1 aromatic carbocycles. The molecule has 0 saturated heterocycles. The molecular weight excluding hydrogens is 407 g/mol. The van der Waals surface area contributed by atoms with E-state index in [1.165, 1.54) is 11.5 Å². The maximum atomic E-state index is 14.6. The normalized spacial score (nSPS) is 17.4. The van der Waals surface area contributed by atoms with E-state index in [2.05, 4.69) is 30.0 Å². The molecule has 0 radical (unpaired) electrons. The molecule has 2 aromatic heterocycles. The molecule has 1 aliphatic rings. The summed E-state index contributed by atoms with van der Waals surface area (Å²) in [5.74, 6) is 0.0160. The molecule has 0 fully saturated rings. The first kappa shape index (κ1) is 20.6. The topological polar surface area (TPSA) is 116 Å². The second-order valence-corrected chi connectivity index (χ2v) is 8.74. The Labute approximate surface area is 177 Å². The van der Waals surface area contributed by atoms with Gasteiger partial charge in [-0.2, -0.15) is 19.3 Å². The van der Waals surface area contributed by atoms with Crippen LogP contribution >= 0.6 is 11.5 Å². The molecule has 1 atom stereocenters. The minimum absolute atomic E-state index is 0.167. The summed E-state index contributed by atoms with van der Waals surface area (Å²) in [6.07, 6.45) is 2.10. The highest BCUT2D eigenvalue weighted by Crippen LogP contribution is 2.32. The zero-order valence-corrected chi connectivity index (χ0v) is 17.5. The van der Waals surface area contributed by atoms with Crippen molar-refractivity contribution in [3.8, 4) is 0 Å². The summed E-state index contributed by atoms with van der Waals surface area (Å²) in [5, 5.41) is 27.0. The van der Waals surface area contributed by atoms with Crippen LogP contribution in [0.25, 0.3) is 15.7 Å². The van der Waals surface area contributed by atoms with Gasteiger partial charge in [0.25, 0.3) is 0 Å². The largest absolute Gasteiger partial charge is 0.389 e. The molecule has 3 aromatic rings. The maximum absolute atomic E-state index is 14.6. The van der Waals surface area contributed by atoms with E-state index >= 15 is 0 Å². The number of hydrogen-bond acceptors (Lipinski definition) is 9. The SMILES string of the molecule is CC(C)(O)CNc1nc(Nc2ccc3sncc3c2)nc(C2=C(F)C(O)CCC2)n1. The van der Waals surface area contributed by atoms with Crippen LogP contribution in [0, 0.1) is 0 Å². The first-order valence-electron chi connectivity index (χ1n) is 9.69. The summed E-state index contributed by atoms with van der Waals surface area (Å²) < 4.78 is 19.8. The molecule has 30 heavy (non-hydrogen) atoms. The maximum Gasteiger partial charge on any atom is 0.232 e. The number of rotatable bonds is 6. The smallest absolute Gasteiger partial charge is 0.232 e. The van der Waals surface area contributed by atoms with Gasteiger partial charge in [0.2, 0.25) is 11.9 Å². The van der Waals surface area contributed by atoms with Gasteiger partial charge < -0.3 is 20.8 Å². The number of aromatic nitrogens is 4. The Morgan fingerprint density at radius 1 is 1.23 bits per heavy atom. The predicted molar refractivity (Wildman–Crippen MR) is 115 cm³/mol. The van der Waals surface area contributed by atoms with Crippen molar-refractivity contribution < 1.29 is 14.6 Å². The quantitative estimate of drug-likeness (QED) is 0.468. The molecule has 0 amide bonds. The van der Waals surface area contributed by atoms with E-state index in [1.807, 2.05) is 18.2 Å². The molecule has 0 bridgehead atoms. The van der Waals surface area contributed by atoms with Crippen LogP contribution in [0.2, 0.25) is 0 Å². The number of allylic oxidation sites excluding steroid dienone is 1. The highest BCUT2D eigenvalue weighted by atomic mass is 32.1. The number of anilines is 3. The van der Waals surface area contributed by atoms with Gasteiger partial charge in [-0.3, -0.25) is 0 Å². The van der Waals surface area contributed by atoms with Gasteiger partial charge in [-0.1, -0.05) is 0 Å². The minimum atomic E-state index is -1.14. The number of halogens is 1. The lowest BCUT2D eigenvalue weighted by atomic mass is 9.96. The predicted octanol–water partition coefficient (Wildman–Crippen LogP) is 3.63. The lowest BCUT2D eigenvalue weighted by molar-refractivity contribution is 0.0943. The summed E-state index contributed by atoms with van der Waals surface area (Å²) in [6, 6.07) is 5.76. The molecule has 158 valence electrons. The van der Waals surface area contributed by atoms with Crippen LogP contribution in [-0.4, -0.2) is 47.8 Å². The highest BCUT2D eigenvalue weighted by molar-refractivity contribution is 7.13. The molecule has 4 N–H and O–H groups in total. The lowest BCUT2D eigenvalue weighted by Crippen LogP contribution is -2.30. The first-order valence-corrected chi connectivity index (χ1v) is 10.5. The van der Waals surface area contributed by atoms with E-state index in [4.69, 9.17) is 0 Å². The molecule has 0 spiro atoms. The molecule has 10 heteroatoms. The van der Waals surface area contributed by atoms with Crippen molar-refractivity contribution in [1.82, 2.24) is 19.3 Å². The van der Waals surface area contributed by atoms with E-state index in [9.17, 15) is 14.6 Å². The number of hydrogen-bond donors (Lipinski definition) is 4. The fourth-order valence-electron chi connectivity index (χ4n) is 3.16. The highest BCUT2D eigenvalue weighted by Gasteiger charge is 2.25. The van der Waals surface area contributed by atoms with E-state index < -0.39 is 17.5 Å². The van der Waals surface area contributed by atoms with Crippen LogP contribution in [0.1, 0.15) is 38.9 Å². The molecule has 8 nitrogen and oxygen atoms in total. The Balaban J connectivity index is 1.70. The van der Waals surface area contributed by atoms with Crippen molar-refractivity contribution in [3.05, 3.63) is 36.0 Å².